The van der Waals surface area contributed by atoms with E-state index in [1.54, 1.807) is 0 Å². The largest absolute Gasteiger partial charge is 0.300 e. The Morgan fingerprint density at radius 1 is 1.27 bits per heavy atom. The zero-order valence-corrected chi connectivity index (χ0v) is 9.79. The molecule has 1 saturated carbocycles. The molecule has 0 radical (unpaired) electrons. The molecule has 1 saturated heterocycles. The van der Waals surface area contributed by atoms with Gasteiger partial charge in [0.05, 0.1) is 11.5 Å². The molecule has 15 heavy (non-hydrogen) atoms. The number of ketones is 1. The fourth-order valence-electron chi connectivity index (χ4n) is 2.54. The topological polar surface area (TPSA) is 54.5 Å². The van der Waals surface area contributed by atoms with Crippen LogP contribution in [-0.4, -0.2) is 49.7 Å². The summed E-state index contributed by atoms with van der Waals surface area (Å²) in [6, 6.07) is 0.404. The van der Waals surface area contributed by atoms with Gasteiger partial charge in [-0.3, -0.25) is 9.69 Å². The number of Topliss-reactive ketones (excluding diaryl/α,β-unsaturated/α-hetero) is 1. The summed E-state index contributed by atoms with van der Waals surface area (Å²) >= 11 is 0. The van der Waals surface area contributed by atoms with Crippen LogP contribution in [0.5, 0.6) is 0 Å². The van der Waals surface area contributed by atoms with Crippen LogP contribution in [0.3, 0.4) is 0 Å². The van der Waals surface area contributed by atoms with Crippen molar-refractivity contribution in [2.24, 2.45) is 0 Å². The Labute approximate surface area is 90.6 Å². The second kappa shape index (κ2) is 3.87. The highest BCUT2D eigenvalue weighted by Crippen LogP contribution is 2.25. The van der Waals surface area contributed by atoms with Crippen LogP contribution in [0.4, 0.5) is 0 Å². The van der Waals surface area contributed by atoms with Gasteiger partial charge in [-0.05, 0) is 19.9 Å². The lowest BCUT2D eigenvalue weighted by Gasteiger charge is -2.28. The first-order valence-electron chi connectivity index (χ1n) is 5.42. The smallest absolute Gasteiger partial charge is 0.151 e. The lowest BCUT2D eigenvalue weighted by Crippen LogP contribution is -2.39. The van der Waals surface area contributed by atoms with Gasteiger partial charge in [0.25, 0.3) is 0 Å². The van der Waals surface area contributed by atoms with Gasteiger partial charge < -0.3 is 0 Å². The minimum absolute atomic E-state index is 0.130. The quantitative estimate of drug-likeness (QED) is 0.682. The van der Waals surface area contributed by atoms with Crippen molar-refractivity contribution in [3.05, 3.63) is 0 Å². The van der Waals surface area contributed by atoms with E-state index in [1.807, 2.05) is 7.05 Å². The first-order chi connectivity index (χ1) is 6.98. The molecule has 2 rings (SSSR count). The van der Waals surface area contributed by atoms with Gasteiger partial charge in [0.1, 0.15) is 5.78 Å². The van der Waals surface area contributed by atoms with Crippen molar-refractivity contribution in [3.8, 4) is 0 Å². The zero-order chi connectivity index (χ0) is 11.1. The van der Waals surface area contributed by atoms with Crippen LogP contribution in [0, 0.1) is 0 Å². The lowest BCUT2D eigenvalue weighted by atomic mass is 10.1. The summed E-state index contributed by atoms with van der Waals surface area (Å²) in [4.78, 5) is 13.3. The standard InChI is InChI=1S/C10H17NO3S/c1-11(8-2-3-10(12)6-8)9-4-5-15(13,14)7-9/h8-9H,2-7H2,1H3. The zero-order valence-electron chi connectivity index (χ0n) is 8.98. The Balaban J connectivity index is 1.97. The van der Waals surface area contributed by atoms with Crippen molar-refractivity contribution in [1.82, 2.24) is 4.90 Å². The van der Waals surface area contributed by atoms with Crippen LogP contribution < -0.4 is 0 Å². The second-order valence-corrected chi connectivity index (χ2v) is 6.89. The van der Waals surface area contributed by atoms with E-state index in [4.69, 9.17) is 0 Å². The maximum atomic E-state index is 11.3. The van der Waals surface area contributed by atoms with Crippen molar-refractivity contribution < 1.29 is 13.2 Å². The number of carbonyl (C=O) groups excluding carboxylic acids is 1. The van der Waals surface area contributed by atoms with Crippen molar-refractivity contribution in [1.29, 1.82) is 0 Å². The SMILES string of the molecule is CN(C1CCC(=O)C1)C1CCS(=O)(=O)C1. The van der Waals surface area contributed by atoms with E-state index in [9.17, 15) is 13.2 Å². The Morgan fingerprint density at radius 2 is 2.00 bits per heavy atom. The molecule has 1 aliphatic heterocycles. The Kier molecular flexibility index (Phi) is 2.85. The predicted octanol–water partition coefficient (Wildman–Crippen LogP) is 0.227. The summed E-state index contributed by atoms with van der Waals surface area (Å²) in [6.07, 6.45) is 2.89. The van der Waals surface area contributed by atoms with E-state index in [0.29, 0.717) is 24.4 Å². The Hall–Kier alpha value is -0.420. The van der Waals surface area contributed by atoms with Gasteiger partial charge >= 0.3 is 0 Å². The van der Waals surface area contributed by atoms with E-state index < -0.39 is 9.84 Å². The average molecular weight is 231 g/mol. The predicted molar refractivity (Wildman–Crippen MR) is 57.5 cm³/mol. The number of hydrogen-bond acceptors (Lipinski definition) is 4. The van der Waals surface area contributed by atoms with Gasteiger partial charge in [-0.2, -0.15) is 0 Å². The van der Waals surface area contributed by atoms with Gasteiger partial charge in [-0.15, -0.1) is 0 Å². The van der Waals surface area contributed by atoms with E-state index in [-0.39, 0.29) is 17.8 Å². The summed E-state index contributed by atoms with van der Waals surface area (Å²) in [5, 5.41) is 0. The number of nitrogens with zero attached hydrogens (tertiary/aromatic N) is 1. The molecule has 0 spiro atoms. The van der Waals surface area contributed by atoms with Crippen molar-refractivity contribution in [2.75, 3.05) is 18.6 Å². The highest BCUT2D eigenvalue weighted by atomic mass is 32.2. The number of hydrogen-bond donors (Lipinski definition) is 0. The van der Waals surface area contributed by atoms with Gasteiger partial charge in [-0.1, -0.05) is 0 Å². The number of rotatable bonds is 2. The van der Waals surface area contributed by atoms with Gasteiger partial charge in [0.2, 0.25) is 0 Å². The molecule has 86 valence electrons. The first-order valence-corrected chi connectivity index (χ1v) is 7.24. The Bertz CT molecular complexity index is 363. The van der Waals surface area contributed by atoms with Gasteiger partial charge in [0, 0.05) is 24.9 Å². The lowest BCUT2D eigenvalue weighted by molar-refractivity contribution is -0.117. The third-order valence-corrected chi connectivity index (χ3v) is 5.33. The molecule has 5 heteroatoms. The van der Waals surface area contributed by atoms with Crippen LogP contribution in [0.1, 0.15) is 25.7 Å². The minimum atomic E-state index is -2.81. The fraction of sp³-hybridized carbons (Fsp3) is 0.900. The normalized spacial score (nSPS) is 35.2. The van der Waals surface area contributed by atoms with Crippen molar-refractivity contribution in [3.63, 3.8) is 0 Å². The van der Waals surface area contributed by atoms with Crippen LogP contribution in [0.15, 0.2) is 0 Å². The summed E-state index contributed by atoms with van der Waals surface area (Å²) in [7, 11) is -0.857. The van der Waals surface area contributed by atoms with Crippen molar-refractivity contribution >= 4 is 15.6 Å². The fourth-order valence-corrected chi connectivity index (χ4v) is 4.32. The molecule has 2 fully saturated rings. The monoisotopic (exact) mass is 231 g/mol. The maximum absolute atomic E-state index is 11.3. The first kappa shape index (κ1) is 11.1. The molecule has 2 aliphatic rings. The molecule has 4 nitrogen and oxygen atoms in total. The Morgan fingerprint density at radius 3 is 2.47 bits per heavy atom. The summed E-state index contributed by atoms with van der Waals surface area (Å²) < 4.78 is 22.7. The van der Waals surface area contributed by atoms with Crippen LogP contribution in [0.25, 0.3) is 0 Å². The molecule has 0 amide bonds. The van der Waals surface area contributed by atoms with Crippen molar-refractivity contribution in [2.45, 2.75) is 37.8 Å². The molecular formula is C10H17NO3S. The van der Waals surface area contributed by atoms with E-state index in [0.717, 1.165) is 12.8 Å². The molecule has 2 atom stereocenters. The summed E-state index contributed by atoms with van der Waals surface area (Å²) in [5.74, 6) is 0.893. The van der Waals surface area contributed by atoms with E-state index in [1.165, 1.54) is 0 Å². The van der Waals surface area contributed by atoms with Gasteiger partial charge in [-0.25, -0.2) is 8.42 Å². The van der Waals surface area contributed by atoms with E-state index >= 15 is 0 Å². The molecule has 2 unspecified atom stereocenters. The maximum Gasteiger partial charge on any atom is 0.151 e. The highest BCUT2D eigenvalue weighted by molar-refractivity contribution is 7.91. The highest BCUT2D eigenvalue weighted by Gasteiger charge is 2.35. The molecule has 1 heterocycles. The molecule has 1 aliphatic carbocycles. The summed E-state index contributed by atoms with van der Waals surface area (Å²) in [6.45, 7) is 0. The molecule has 0 aromatic rings. The van der Waals surface area contributed by atoms with E-state index in [2.05, 4.69) is 4.90 Å². The van der Waals surface area contributed by atoms with Crippen LogP contribution in [-0.2, 0) is 14.6 Å². The van der Waals surface area contributed by atoms with Crippen LogP contribution in [0.2, 0.25) is 0 Å². The number of sulfone groups is 1. The average Bonchev–Trinajstić information content (AvgIpc) is 2.71. The molecule has 0 aromatic heterocycles. The number of carbonyl (C=O) groups is 1. The molecule has 0 aromatic carbocycles. The third kappa shape index (κ3) is 2.39. The molecule has 0 N–H and O–H groups in total. The molecular weight excluding hydrogens is 214 g/mol. The van der Waals surface area contributed by atoms with Crippen LogP contribution >= 0.6 is 0 Å². The minimum Gasteiger partial charge on any atom is -0.300 e. The second-order valence-electron chi connectivity index (χ2n) is 4.66. The third-order valence-electron chi connectivity index (χ3n) is 3.58. The summed E-state index contributed by atoms with van der Waals surface area (Å²) in [5.41, 5.74) is 0. The molecule has 0 bridgehead atoms. The van der Waals surface area contributed by atoms with Gasteiger partial charge in [0.15, 0.2) is 9.84 Å².